The van der Waals surface area contributed by atoms with Crippen molar-refractivity contribution in [1.29, 1.82) is 0 Å². The molecule has 0 aromatic heterocycles. The summed E-state index contributed by atoms with van der Waals surface area (Å²) in [5.41, 5.74) is 1.47. The monoisotopic (exact) mass is 538 g/mol. The van der Waals surface area contributed by atoms with Gasteiger partial charge in [0.2, 0.25) is 11.8 Å². The van der Waals surface area contributed by atoms with Crippen molar-refractivity contribution in [3.05, 3.63) is 95.0 Å². The molecule has 196 valence electrons. The average molecular weight is 539 g/mol. The Morgan fingerprint density at radius 1 is 0.973 bits per heavy atom. The predicted molar refractivity (Wildman–Crippen MR) is 152 cm³/mol. The lowest BCUT2D eigenvalue weighted by Gasteiger charge is -2.34. The molecule has 1 atom stereocenters. The van der Waals surface area contributed by atoms with Gasteiger partial charge in [-0.05, 0) is 68.3 Å². The van der Waals surface area contributed by atoms with E-state index in [0.717, 1.165) is 16.0 Å². The van der Waals surface area contributed by atoms with Crippen LogP contribution < -0.4 is 10.1 Å². The minimum Gasteiger partial charge on any atom is -0.497 e. The molecular weight excluding hydrogens is 504 g/mol. The van der Waals surface area contributed by atoms with E-state index in [1.165, 1.54) is 0 Å². The number of hydrogen-bond acceptors (Lipinski definition) is 4. The van der Waals surface area contributed by atoms with Gasteiger partial charge in [0, 0.05) is 40.6 Å². The highest BCUT2D eigenvalue weighted by molar-refractivity contribution is 7.99. The lowest BCUT2D eigenvalue weighted by molar-refractivity contribution is -0.141. The molecule has 0 fully saturated rings. The van der Waals surface area contributed by atoms with E-state index in [0.29, 0.717) is 35.9 Å². The van der Waals surface area contributed by atoms with Crippen molar-refractivity contribution in [2.45, 2.75) is 56.6 Å². The summed E-state index contributed by atoms with van der Waals surface area (Å²) in [6.07, 6.45) is 0.716. The first-order valence-electron chi connectivity index (χ1n) is 12.3. The molecule has 0 spiro atoms. The number of hydrogen-bond donors (Lipinski definition) is 1. The Balaban J connectivity index is 1.88. The van der Waals surface area contributed by atoms with E-state index in [2.05, 4.69) is 5.32 Å². The molecule has 3 aromatic carbocycles. The molecular formula is C30H35ClN2O3S. The van der Waals surface area contributed by atoms with Crippen LogP contribution in [0, 0.1) is 0 Å². The number of carbonyl (C=O) groups excluding carboxylic acids is 2. The van der Waals surface area contributed by atoms with Crippen molar-refractivity contribution in [1.82, 2.24) is 10.2 Å². The van der Waals surface area contributed by atoms with Crippen LogP contribution in [0.5, 0.6) is 5.75 Å². The summed E-state index contributed by atoms with van der Waals surface area (Å²) >= 11 is 7.59. The van der Waals surface area contributed by atoms with E-state index in [1.807, 2.05) is 99.6 Å². The second kappa shape index (κ2) is 13.5. The zero-order chi connectivity index (χ0) is 26.8. The van der Waals surface area contributed by atoms with Crippen molar-refractivity contribution in [2.24, 2.45) is 0 Å². The number of thioether (sulfide) groups is 1. The lowest BCUT2D eigenvalue weighted by atomic mass is 10.0. The first-order valence-corrected chi connectivity index (χ1v) is 13.7. The van der Waals surface area contributed by atoms with Crippen molar-refractivity contribution in [3.8, 4) is 5.75 Å². The van der Waals surface area contributed by atoms with Gasteiger partial charge in [-0.3, -0.25) is 9.59 Å². The number of carbonyl (C=O) groups is 2. The molecule has 1 unspecified atom stereocenters. The minimum absolute atomic E-state index is 0.0747. The van der Waals surface area contributed by atoms with Crippen LogP contribution in [0.2, 0.25) is 5.02 Å². The number of methoxy groups -OCH3 is 1. The maximum Gasteiger partial charge on any atom is 0.243 e. The highest BCUT2D eigenvalue weighted by Gasteiger charge is 2.32. The fourth-order valence-electron chi connectivity index (χ4n) is 3.91. The van der Waals surface area contributed by atoms with Gasteiger partial charge in [-0.1, -0.05) is 54.1 Å². The molecule has 3 rings (SSSR count). The van der Waals surface area contributed by atoms with Gasteiger partial charge >= 0.3 is 0 Å². The van der Waals surface area contributed by atoms with Crippen molar-refractivity contribution >= 4 is 35.2 Å². The first-order chi connectivity index (χ1) is 17.6. The summed E-state index contributed by atoms with van der Waals surface area (Å²) in [6, 6.07) is 24.3. The van der Waals surface area contributed by atoms with E-state index in [4.69, 9.17) is 16.3 Å². The molecule has 0 bridgehead atoms. The Kier molecular flexibility index (Phi) is 10.5. The van der Waals surface area contributed by atoms with Crippen LogP contribution in [-0.4, -0.2) is 41.2 Å². The number of halogens is 1. The standard InChI is InChI=1S/C30H35ClN2O3S/c1-30(2,3)32-29(35)27(20-22-9-6-5-7-10-22)33(21-23-11-8-12-25(19-23)36-4)28(34)17-18-37-26-15-13-24(31)14-16-26/h5-16,19,27H,17-18,20-21H2,1-4H3,(H,32,35). The van der Waals surface area contributed by atoms with Crippen molar-refractivity contribution in [2.75, 3.05) is 12.9 Å². The summed E-state index contributed by atoms with van der Waals surface area (Å²) in [6.45, 7) is 6.14. The molecule has 0 radical (unpaired) electrons. The summed E-state index contributed by atoms with van der Waals surface area (Å²) in [5.74, 6) is 1.06. The molecule has 1 N–H and O–H groups in total. The van der Waals surface area contributed by atoms with Gasteiger partial charge in [-0.25, -0.2) is 0 Å². The smallest absolute Gasteiger partial charge is 0.243 e. The number of amides is 2. The number of nitrogens with zero attached hydrogens (tertiary/aromatic N) is 1. The molecule has 2 amide bonds. The van der Waals surface area contributed by atoms with Gasteiger partial charge in [0.25, 0.3) is 0 Å². The molecule has 7 heteroatoms. The summed E-state index contributed by atoms with van der Waals surface area (Å²) < 4.78 is 5.39. The fraction of sp³-hybridized carbons (Fsp3) is 0.333. The summed E-state index contributed by atoms with van der Waals surface area (Å²) in [5, 5.41) is 3.77. The van der Waals surface area contributed by atoms with E-state index >= 15 is 0 Å². The average Bonchev–Trinajstić information content (AvgIpc) is 2.87. The molecule has 0 saturated carbocycles. The molecule has 0 heterocycles. The topological polar surface area (TPSA) is 58.6 Å². The van der Waals surface area contributed by atoms with E-state index in [1.54, 1.807) is 23.8 Å². The summed E-state index contributed by atoms with van der Waals surface area (Å²) in [4.78, 5) is 30.1. The van der Waals surface area contributed by atoms with Crippen LogP contribution in [0.3, 0.4) is 0 Å². The van der Waals surface area contributed by atoms with Crippen LogP contribution in [0.15, 0.2) is 83.8 Å². The van der Waals surface area contributed by atoms with E-state index in [-0.39, 0.29) is 11.8 Å². The van der Waals surface area contributed by atoms with Gasteiger partial charge in [-0.2, -0.15) is 0 Å². The van der Waals surface area contributed by atoms with Gasteiger partial charge in [0.15, 0.2) is 0 Å². The van der Waals surface area contributed by atoms with E-state index in [9.17, 15) is 9.59 Å². The van der Waals surface area contributed by atoms with E-state index < -0.39 is 11.6 Å². The zero-order valence-electron chi connectivity index (χ0n) is 21.9. The first kappa shape index (κ1) is 28.6. The Morgan fingerprint density at radius 2 is 1.65 bits per heavy atom. The Labute approximate surface area is 229 Å². The number of nitrogens with one attached hydrogen (secondary N) is 1. The zero-order valence-corrected chi connectivity index (χ0v) is 23.4. The molecule has 3 aromatic rings. The van der Waals surface area contributed by atoms with Crippen molar-refractivity contribution < 1.29 is 14.3 Å². The maximum atomic E-state index is 13.7. The Bertz CT molecular complexity index is 1160. The predicted octanol–water partition coefficient (Wildman–Crippen LogP) is 6.39. The third-order valence-electron chi connectivity index (χ3n) is 5.65. The number of benzene rings is 3. The highest BCUT2D eigenvalue weighted by atomic mass is 35.5. The van der Waals surface area contributed by atoms with Gasteiger partial charge in [0.05, 0.1) is 7.11 Å². The van der Waals surface area contributed by atoms with Crippen LogP contribution >= 0.6 is 23.4 Å². The molecule has 0 aliphatic rings. The Morgan fingerprint density at radius 3 is 2.30 bits per heavy atom. The minimum atomic E-state index is -0.666. The maximum absolute atomic E-state index is 13.7. The Hall–Kier alpha value is -2.96. The second-order valence-electron chi connectivity index (χ2n) is 9.87. The SMILES string of the molecule is COc1cccc(CN(C(=O)CCSc2ccc(Cl)cc2)C(Cc2ccccc2)C(=O)NC(C)(C)C)c1. The van der Waals surface area contributed by atoms with Crippen LogP contribution in [0.25, 0.3) is 0 Å². The fourth-order valence-corrected chi connectivity index (χ4v) is 4.87. The highest BCUT2D eigenvalue weighted by Crippen LogP contribution is 2.23. The van der Waals surface area contributed by atoms with Gasteiger partial charge in [0.1, 0.15) is 11.8 Å². The van der Waals surface area contributed by atoms with Crippen LogP contribution in [0.4, 0.5) is 0 Å². The second-order valence-corrected chi connectivity index (χ2v) is 11.5. The van der Waals surface area contributed by atoms with Gasteiger partial charge in [-0.15, -0.1) is 11.8 Å². The van der Waals surface area contributed by atoms with Crippen LogP contribution in [0.1, 0.15) is 38.3 Å². The number of ether oxygens (including phenoxy) is 1. The van der Waals surface area contributed by atoms with Crippen molar-refractivity contribution in [3.63, 3.8) is 0 Å². The molecule has 37 heavy (non-hydrogen) atoms. The van der Waals surface area contributed by atoms with Crippen LogP contribution in [-0.2, 0) is 22.6 Å². The quantitative estimate of drug-likeness (QED) is 0.287. The molecule has 0 aliphatic carbocycles. The summed E-state index contributed by atoms with van der Waals surface area (Å²) in [7, 11) is 1.62. The molecule has 0 saturated heterocycles. The largest absolute Gasteiger partial charge is 0.497 e. The molecule has 0 aliphatic heterocycles. The number of rotatable bonds is 11. The third-order valence-corrected chi connectivity index (χ3v) is 6.92. The molecule has 5 nitrogen and oxygen atoms in total. The normalized spacial score (nSPS) is 12.0. The third kappa shape index (κ3) is 9.45. The lowest BCUT2D eigenvalue weighted by Crippen LogP contribution is -2.54. The van der Waals surface area contributed by atoms with Gasteiger partial charge < -0.3 is 15.0 Å².